The number of amides is 1. The van der Waals surface area contributed by atoms with E-state index in [0.29, 0.717) is 5.56 Å². The third kappa shape index (κ3) is 9.90. The summed E-state index contributed by atoms with van der Waals surface area (Å²) in [5.41, 5.74) is -0.951. The summed E-state index contributed by atoms with van der Waals surface area (Å²) in [6.45, 7) is 5.00. The third-order valence-corrected chi connectivity index (χ3v) is 5.35. The van der Waals surface area contributed by atoms with Crippen molar-refractivity contribution in [3.8, 4) is 0 Å². The van der Waals surface area contributed by atoms with Gasteiger partial charge in [-0.1, -0.05) is 44.2 Å². The molecule has 0 fully saturated rings. The number of hydrogen-bond acceptors (Lipinski definition) is 9. The van der Waals surface area contributed by atoms with Crippen molar-refractivity contribution in [2.24, 2.45) is 5.41 Å². The molecule has 0 aliphatic rings. The van der Waals surface area contributed by atoms with E-state index in [1.807, 2.05) is 0 Å². The number of aliphatic hydroxyl groups excluding tert-OH is 1. The van der Waals surface area contributed by atoms with Crippen LogP contribution < -0.4 is 5.32 Å². The summed E-state index contributed by atoms with van der Waals surface area (Å²) in [6, 6.07) is 8.20. The minimum absolute atomic E-state index is 0.147. The largest absolute Gasteiger partial charge is 0.421 e. The molecule has 0 radical (unpaired) electrons. The topological polar surface area (TPSA) is 145 Å². The fourth-order valence-electron chi connectivity index (χ4n) is 2.30. The SMILES string of the molecule is CC(=O)NCCCS(=O)(=O)OCC(C)(C)[C@@H](O)C(=O)OC(OC(C)=O)c1ccccc1. The zero-order chi connectivity index (χ0) is 23.7. The molecular weight excluding hydrogens is 430 g/mol. The summed E-state index contributed by atoms with van der Waals surface area (Å²) >= 11 is 0. The number of rotatable bonds is 12. The first-order valence-corrected chi connectivity index (χ1v) is 11.1. The van der Waals surface area contributed by atoms with E-state index in [9.17, 15) is 27.9 Å². The molecule has 0 spiro atoms. The van der Waals surface area contributed by atoms with E-state index < -0.39 is 46.5 Å². The fourth-order valence-corrected chi connectivity index (χ4v) is 3.40. The van der Waals surface area contributed by atoms with Gasteiger partial charge in [0.1, 0.15) is 0 Å². The minimum atomic E-state index is -3.94. The molecule has 1 aromatic carbocycles. The summed E-state index contributed by atoms with van der Waals surface area (Å²) < 4.78 is 39.1. The van der Waals surface area contributed by atoms with Gasteiger partial charge in [-0.25, -0.2) is 4.79 Å². The standard InChI is InChI=1S/C20H29NO9S/c1-14(22)21-11-8-12-31(26,27)28-13-20(3,4)17(24)18(25)30-19(29-15(2)23)16-9-6-5-7-10-16/h5-7,9-10,17,19,24H,8,11-13H2,1-4H3,(H,21,22)/t17-,19?/m0/s1. The van der Waals surface area contributed by atoms with Crippen molar-refractivity contribution in [2.45, 2.75) is 46.5 Å². The van der Waals surface area contributed by atoms with Crippen LogP contribution in [0.2, 0.25) is 0 Å². The van der Waals surface area contributed by atoms with Gasteiger partial charge in [0.05, 0.1) is 12.4 Å². The van der Waals surface area contributed by atoms with Crippen molar-refractivity contribution in [1.29, 1.82) is 0 Å². The van der Waals surface area contributed by atoms with Crippen LogP contribution in [0.4, 0.5) is 0 Å². The maximum Gasteiger partial charge on any atom is 0.338 e. The molecule has 174 valence electrons. The van der Waals surface area contributed by atoms with Gasteiger partial charge in [-0.05, 0) is 6.42 Å². The quantitative estimate of drug-likeness (QED) is 0.203. The lowest BCUT2D eigenvalue weighted by Gasteiger charge is -2.29. The zero-order valence-corrected chi connectivity index (χ0v) is 18.8. The van der Waals surface area contributed by atoms with Gasteiger partial charge in [0.25, 0.3) is 16.4 Å². The Balaban J connectivity index is 2.71. The summed E-state index contributed by atoms with van der Waals surface area (Å²) in [7, 11) is -3.94. The Kier molecular flexibility index (Phi) is 10.1. The molecule has 1 aromatic rings. The molecule has 1 unspecified atom stereocenters. The lowest BCUT2D eigenvalue weighted by molar-refractivity contribution is -0.199. The molecule has 10 nitrogen and oxygen atoms in total. The first-order valence-electron chi connectivity index (χ1n) is 9.56. The molecule has 0 aliphatic carbocycles. The highest BCUT2D eigenvalue weighted by Crippen LogP contribution is 2.26. The lowest BCUT2D eigenvalue weighted by Crippen LogP contribution is -2.42. The van der Waals surface area contributed by atoms with Gasteiger partial charge in [-0.15, -0.1) is 0 Å². The van der Waals surface area contributed by atoms with Gasteiger partial charge in [-0.2, -0.15) is 8.42 Å². The van der Waals surface area contributed by atoms with Crippen LogP contribution in [0.25, 0.3) is 0 Å². The highest BCUT2D eigenvalue weighted by atomic mass is 32.2. The van der Waals surface area contributed by atoms with Gasteiger partial charge in [0, 0.05) is 31.4 Å². The van der Waals surface area contributed by atoms with Crippen molar-refractivity contribution in [3.63, 3.8) is 0 Å². The van der Waals surface area contributed by atoms with Crippen LogP contribution in [-0.4, -0.2) is 56.4 Å². The van der Waals surface area contributed by atoms with Crippen LogP contribution in [0.3, 0.4) is 0 Å². The first kappa shape index (κ1) is 26.5. The van der Waals surface area contributed by atoms with E-state index in [0.717, 1.165) is 6.92 Å². The first-order chi connectivity index (χ1) is 14.3. The van der Waals surface area contributed by atoms with Crippen LogP contribution in [-0.2, 0) is 38.2 Å². The van der Waals surface area contributed by atoms with E-state index in [1.165, 1.54) is 20.8 Å². The number of carbonyl (C=O) groups excluding carboxylic acids is 3. The van der Waals surface area contributed by atoms with Gasteiger partial charge >= 0.3 is 11.9 Å². The Morgan fingerprint density at radius 2 is 1.71 bits per heavy atom. The Hall–Kier alpha value is -2.50. The number of nitrogens with one attached hydrogen (secondary N) is 1. The van der Waals surface area contributed by atoms with Crippen molar-refractivity contribution in [1.82, 2.24) is 5.32 Å². The summed E-state index contributed by atoms with van der Waals surface area (Å²) in [5.74, 6) is -2.41. The van der Waals surface area contributed by atoms with Gasteiger partial charge < -0.3 is 19.9 Å². The van der Waals surface area contributed by atoms with E-state index in [1.54, 1.807) is 30.3 Å². The van der Waals surface area contributed by atoms with Crippen molar-refractivity contribution in [3.05, 3.63) is 35.9 Å². The molecule has 0 aromatic heterocycles. The normalized spacial score (nSPS) is 13.7. The predicted molar refractivity (Wildman–Crippen MR) is 110 cm³/mol. The predicted octanol–water partition coefficient (Wildman–Crippen LogP) is 1.05. The molecule has 1 amide bonds. The Labute approximate surface area is 182 Å². The zero-order valence-electron chi connectivity index (χ0n) is 18.0. The monoisotopic (exact) mass is 459 g/mol. The van der Waals surface area contributed by atoms with Crippen molar-refractivity contribution in [2.75, 3.05) is 18.9 Å². The van der Waals surface area contributed by atoms with Gasteiger partial charge in [0.15, 0.2) is 6.10 Å². The molecule has 0 saturated carbocycles. The molecule has 0 heterocycles. The molecule has 0 bridgehead atoms. The van der Waals surface area contributed by atoms with Gasteiger partial charge in [-0.3, -0.25) is 13.8 Å². The fraction of sp³-hybridized carbons (Fsp3) is 0.550. The molecule has 1 rings (SSSR count). The van der Waals surface area contributed by atoms with Crippen LogP contribution in [0, 0.1) is 5.41 Å². The molecule has 31 heavy (non-hydrogen) atoms. The summed E-state index contributed by atoms with van der Waals surface area (Å²) in [4.78, 5) is 34.6. The van der Waals surface area contributed by atoms with Crippen LogP contribution >= 0.6 is 0 Å². The number of esters is 2. The molecule has 2 atom stereocenters. The number of benzene rings is 1. The number of hydrogen-bond donors (Lipinski definition) is 2. The second-order valence-electron chi connectivity index (χ2n) is 7.54. The molecular formula is C20H29NO9S. The van der Waals surface area contributed by atoms with E-state index in [2.05, 4.69) is 5.32 Å². The number of carbonyl (C=O) groups is 3. The van der Waals surface area contributed by atoms with Crippen LogP contribution in [0.15, 0.2) is 30.3 Å². The highest BCUT2D eigenvalue weighted by molar-refractivity contribution is 7.86. The highest BCUT2D eigenvalue weighted by Gasteiger charge is 2.38. The number of ether oxygens (including phenoxy) is 2. The van der Waals surface area contributed by atoms with Crippen molar-refractivity contribution < 1.29 is 41.6 Å². The Morgan fingerprint density at radius 1 is 1.10 bits per heavy atom. The van der Waals surface area contributed by atoms with E-state index in [-0.39, 0.29) is 24.6 Å². The molecule has 0 saturated heterocycles. The Bertz CT molecular complexity index is 853. The van der Waals surface area contributed by atoms with E-state index in [4.69, 9.17) is 13.7 Å². The smallest absolute Gasteiger partial charge is 0.338 e. The average Bonchev–Trinajstić information content (AvgIpc) is 2.69. The van der Waals surface area contributed by atoms with Crippen LogP contribution in [0.5, 0.6) is 0 Å². The van der Waals surface area contributed by atoms with Gasteiger partial charge in [0.2, 0.25) is 5.91 Å². The van der Waals surface area contributed by atoms with Crippen molar-refractivity contribution >= 4 is 28.0 Å². The molecule has 2 N–H and O–H groups in total. The minimum Gasteiger partial charge on any atom is -0.421 e. The second-order valence-corrected chi connectivity index (χ2v) is 9.30. The average molecular weight is 460 g/mol. The second kappa shape index (κ2) is 11.8. The van der Waals surface area contributed by atoms with Crippen LogP contribution in [0.1, 0.15) is 46.0 Å². The third-order valence-electron chi connectivity index (χ3n) is 4.09. The lowest BCUT2D eigenvalue weighted by atomic mass is 9.87. The maximum atomic E-state index is 12.4. The molecule has 11 heteroatoms. The molecule has 0 aliphatic heterocycles. The Morgan fingerprint density at radius 3 is 2.26 bits per heavy atom. The number of aliphatic hydroxyl groups is 1. The summed E-state index contributed by atoms with van der Waals surface area (Å²) in [6.07, 6.45) is -2.98. The summed E-state index contributed by atoms with van der Waals surface area (Å²) in [5, 5.41) is 12.9. The van der Waals surface area contributed by atoms with E-state index >= 15 is 0 Å². The maximum absolute atomic E-state index is 12.4.